The van der Waals surface area contributed by atoms with Crippen LogP contribution in [0.25, 0.3) is 0 Å². The van der Waals surface area contributed by atoms with Crippen LogP contribution >= 0.6 is 11.3 Å². The van der Waals surface area contributed by atoms with Gasteiger partial charge in [-0.15, -0.1) is 11.3 Å². The molecule has 1 aromatic rings. The molecule has 1 aliphatic rings. The summed E-state index contributed by atoms with van der Waals surface area (Å²) >= 11 is 1.42. The molecule has 0 aromatic carbocycles. The van der Waals surface area contributed by atoms with Crippen LogP contribution in [0.15, 0.2) is 17.5 Å². The van der Waals surface area contributed by atoms with Gasteiger partial charge in [-0.2, -0.15) is 8.42 Å². The zero-order valence-corrected chi connectivity index (χ0v) is 13.7. The molecular formula is C12H15N3O6S2. The number of β-lactam (4-membered cyclic amide) rings is 1. The fourth-order valence-electron chi connectivity index (χ4n) is 1.94. The zero-order chi connectivity index (χ0) is 17.2. The average molecular weight is 361 g/mol. The van der Waals surface area contributed by atoms with E-state index in [1.54, 1.807) is 6.07 Å². The smallest absolute Gasteiger partial charge is 0.344 e. The Morgan fingerprint density at radius 3 is 2.74 bits per heavy atom. The van der Waals surface area contributed by atoms with E-state index in [-0.39, 0.29) is 23.2 Å². The van der Waals surface area contributed by atoms with E-state index in [0.29, 0.717) is 0 Å². The van der Waals surface area contributed by atoms with Crippen LogP contribution in [-0.4, -0.2) is 53.6 Å². The molecule has 1 aliphatic heterocycles. The van der Waals surface area contributed by atoms with Crippen molar-refractivity contribution in [1.29, 1.82) is 0 Å². The molecule has 126 valence electrons. The summed E-state index contributed by atoms with van der Waals surface area (Å²) in [5.74, 6) is -1.87. The molecule has 0 spiro atoms. The summed E-state index contributed by atoms with van der Waals surface area (Å²) in [6.07, 6.45) is 0.147. The molecule has 1 fully saturated rings. The summed E-state index contributed by atoms with van der Waals surface area (Å²) in [5.41, 5.74) is 0. The highest BCUT2D eigenvalue weighted by molar-refractivity contribution is 7.84. The molecule has 0 radical (unpaired) electrons. The maximum atomic E-state index is 11.9. The van der Waals surface area contributed by atoms with Crippen LogP contribution in [0.3, 0.4) is 0 Å². The van der Waals surface area contributed by atoms with E-state index in [9.17, 15) is 22.8 Å². The van der Waals surface area contributed by atoms with Crippen LogP contribution in [0.2, 0.25) is 0 Å². The van der Waals surface area contributed by atoms with Crippen LogP contribution in [0.1, 0.15) is 11.8 Å². The van der Waals surface area contributed by atoms with E-state index in [4.69, 9.17) is 4.55 Å². The lowest BCUT2D eigenvalue weighted by molar-refractivity contribution is -0.141. The third kappa shape index (κ3) is 4.27. The number of nitrogens with zero attached hydrogens (tertiary/aromatic N) is 1. The summed E-state index contributed by atoms with van der Waals surface area (Å²) in [5, 5.41) is 6.64. The van der Waals surface area contributed by atoms with Crippen molar-refractivity contribution < 1.29 is 27.4 Å². The van der Waals surface area contributed by atoms with Crippen molar-refractivity contribution in [2.75, 3.05) is 6.54 Å². The first-order valence-corrected chi connectivity index (χ1v) is 8.87. The molecule has 1 saturated heterocycles. The molecule has 3 N–H and O–H groups in total. The zero-order valence-electron chi connectivity index (χ0n) is 12.1. The number of thiophene rings is 1. The van der Waals surface area contributed by atoms with Crippen molar-refractivity contribution in [3.8, 4) is 0 Å². The van der Waals surface area contributed by atoms with Crippen LogP contribution < -0.4 is 10.6 Å². The van der Waals surface area contributed by atoms with Gasteiger partial charge in [-0.1, -0.05) is 6.07 Å². The summed E-state index contributed by atoms with van der Waals surface area (Å²) in [6, 6.07) is 1.70. The standard InChI is InChI=1S/C12H15N3O6S2/c1-7(13-10(16)5-8-3-2-4-22-8)11(17)14-9-6-15(12(9)18)23(19,20)21/h2-4,7,9H,5-6H2,1H3,(H,13,16)(H,14,17)(H,19,20,21)/t7-,9?/m1/s1. The molecule has 3 amide bonds. The van der Waals surface area contributed by atoms with Gasteiger partial charge in [-0.05, 0) is 18.4 Å². The normalized spacial score (nSPS) is 19.0. The largest absolute Gasteiger partial charge is 0.362 e. The van der Waals surface area contributed by atoms with Crippen LogP contribution in [0.4, 0.5) is 0 Å². The summed E-state index contributed by atoms with van der Waals surface area (Å²) in [4.78, 5) is 36.0. The van der Waals surface area contributed by atoms with E-state index < -0.39 is 34.2 Å². The first kappa shape index (κ1) is 17.4. The molecule has 2 rings (SSSR count). The highest BCUT2D eigenvalue weighted by Gasteiger charge is 2.44. The minimum Gasteiger partial charge on any atom is -0.344 e. The number of carbonyl (C=O) groups is 3. The monoisotopic (exact) mass is 361 g/mol. The first-order chi connectivity index (χ1) is 10.7. The lowest BCUT2D eigenvalue weighted by atomic mass is 10.1. The van der Waals surface area contributed by atoms with Crippen LogP contribution in [-0.2, 0) is 31.1 Å². The molecule has 1 unspecified atom stereocenters. The topological polar surface area (TPSA) is 133 Å². The number of hydrogen-bond donors (Lipinski definition) is 3. The molecule has 2 atom stereocenters. The second-order valence-electron chi connectivity index (χ2n) is 4.95. The van der Waals surface area contributed by atoms with E-state index >= 15 is 0 Å². The molecule has 23 heavy (non-hydrogen) atoms. The van der Waals surface area contributed by atoms with Crippen molar-refractivity contribution in [3.05, 3.63) is 22.4 Å². The molecule has 0 saturated carbocycles. The Hall–Kier alpha value is -1.98. The van der Waals surface area contributed by atoms with E-state index in [1.165, 1.54) is 18.3 Å². The van der Waals surface area contributed by atoms with Gasteiger partial charge in [0.2, 0.25) is 11.8 Å². The van der Waals surface area contributed by atoms with E-state index in [0.717, 1.165) is 4.88 Å². The number of nitrogens with one attached hydrogen (secondary N) is 2. The Morgan fingerprint density at radius 1 is 1.52 bits per heavy atom. The fraction of sp³-hybridized carbons (Fsp3) is 0.417. The maximum absolute atomic E-state index is 11.9. The summed E-state index contributed by atoms with van der Waals surface area (Å²) < 4.78 is 30.5. The predicted octanol–water partition coefficient (Wildman–Crippen LogP) is -1.07. The van der Waals surface area contributed by atoms with Crippen molar-refractivity contribution in [1.82, 2.24) is 14.9 Å². The van der Waals surface area contributed by atoms with Gasteiger partial charge in [0.05, 0.1) is 13.0 Å². The minimum absolute atomic E-state index is 0.147. The Morgan fingerprint density at radius 2 is 2.22 bits per heavy atom. The Bertz CT molecular complexity index is 715. The molecule has 0 bridgehead atoms. The van der Waals surface area contributed by atoms with Gasteiger partial charge >= 0.3 is 10.3 Å². The van der Waals surface area contributed by atoms with Crippen molar-refractivity contribution in [2.45, 2.75) is 25.4 Å². The van der Waals surface area contributed by atoms with Crippen molar-refractivity contribution in [2.24, 2.45) is 0 Å². The number of hydrogen-bond acceptors (Lipinski definition) is 6. The summed E-state index contributed by atoms with van der Waals surface area (Å²) in [6.45, 7) is 1.12. The van der Waals surface area contributed by atoms with Gasteiger partial charge < -0.3 is 10.6 Å². The highest BCUT2D eigenvalue weighted by Crippen LogP contribution is 2.14. The second kappa shape index (κ2) is 6.64. The van der Waals surface area contributed by atoms with Crippen LogP contribution in [0, 0.1) is 0 Å². The summed E-state index contributed by atoms with van der Waals surface area (Å²) in [7, 11) is -4.59. The van der Waals surface area contributed by atoms with Gasteiger partial charge in [-0.3, -0.25) is 18.9 Å². The number of carbonyl (C=O) groups excluding carboxylic acids is 3. The molecular weight excluding hydrogens is 346 g/mol. The quantitative estimate of drug-likeness (QED) is 0.436. The lowest BCUT2D eigenvalue weighted by Gasteiger charge is -2.35. The lowest BCUT2D eigenvalue weighted by Crippen LogP contribution is -2.66. The molecule has 2 heterocycles. The van der Waals surface area contributed by atoms with Crippen LogP contribution in [0.5, 0.6) is 0 Å². The Balaban J connectivity index is 1.80. The third-order valence-electron chi connectivity index (χ3n) is 3.17. The second-order valence-corrected chi connectivity index (χ2v) is 7.32. The van der Waals surface area contributed by atoms with E-state index in [1.807, 2.05) is 11.4 Å². The van der Waals surface area contributed by atoms with E-state index in [2.05, 4.69) is 10.6 Å². The number of rotatable bonds is 6. The Kier molecular flexibility index (Phi) is 5.02. The van der Waals surface area contributed by atoms with Gasteiger partial charge in [0.15, 0.2) is 0 Å². The van der Waals surface area contributed by atoms with Gasteiger partial charge in [0, 0.05) is 4.88 Å². The highest BCUT2D eigenvalue weighted by atomic mass is 32.2. The average Bonchev–Trinajstić information content (AvgIpc) is 2.93. The Labute approximate surface area is 136 Å². The first-order valence-electron chi connectivity index (χ1n) is 6.59. The molecule has 1 aromatic heterocycles. The molecule has 9 nitrogen and oxygen atoms in total. The van der Waals surface area contributed by atoms with Gasteiger partial charge in [-0.25, -0.2) is 4.31 Å². The maximum Gasteiger partial charge on any atom is 0.362 e. The minimum atomic E-state index is -4.59. The predicted molar refractivity (Wildman–Crippen MR) is 80.8 cm³/mol. The third-order valence-corrected chi connectivity index (χ3v) is 4.94. The van der Waals surface area contributed by atoms with Gasteiger partial charge in [0.25, 0.3) is 5.91 Å². The van der Waals surface area contributed by atoms with Gasteiger partial charge in [0.1, 0.15) is 12.1 Å². The molecule has 0 aliphatic carbocycles. The van der Waals surface area contributed by atoms with Crippen molar-refractivity contribution in [3.63, 3.8) is 0 Å². The fourth-order valence-corrected chi connectivity index (χ4v) is 3.33. The molecule has 11 heteroatoms. The number of amides is 3. The SMILES string of the molecule is C[C@@H](NC(=O)Cc1cccs1)C(=O)NC1CN(S(=O)(=O)O)C1=O. The van der Waals surface area contributed by atoms with Crippen molar-refractivity contribution >= 4 is 39.4 Å².